The van der Waals surface area contributed by atoms with Crippen molar-refractivity contribution in [1.82, 2.24) is 15.1 Å². The van der Waals surface area contributed by atoms with Gasteiger partial charge < -0.3 is 5.32 Å². The zero-order chi connectivity index (χ0) is 10.8. The van der Waals surface area contributed by atoms with Crippen LogP contribution in [0, 0.1) is 6.92 Å². The van der Waals surface area contributed by atoms with Crippen molar-refractivity contribution in [1.29, 1.82) is 0 Å². The van der Waals surface area contributed by atoms with Crippen molar-refractivity contribution in [3.8, 4) is 0 Å². The van der Waals surface area contributed by atoms with Crippen LogP contribution < -0.4 is 5.32 Å². The normalized spacial score (nSPS) is 16.5. The molecule has 1 heterocycles. The third-order valence-electron chi connectivity index (χ3n) is 2.83. The number of aromatic nitrogens is 2. The van der Waals surface area contributed by atoms with Crippen LogP contribution in [0.3, 0.4) is 0 Å². The van der Waals surface area contributed by atoms with Gasteiger partial charge in [-0.05, 0) is 19.8 Å². The first-order valence-electron chi connectivity index (χ1n) is 5.25. The molecule has 0 saturated heterocycles. The standard InChI is InChI=1S/C11H16ClN3/c1-8-11(12)10(15(2)14-8)7-13-9-5-3-4-6-9/h3-4,9,13H,5-7H2,1-2H3. The minimum Gasteiger partial charge on any atom is -0.308 e. The quantitative estimate of drug-likeness (QED) is 0.800. The first kappa shape index (κ1) is 10.7. The molecule has 0 spiro atoms. The minimum atomic E-state index is 0.566. The Morgan fingerprint density at radius 3 is 2.73 bits per heavy atom. The molecular weight excluding hydrogens is 210 g/mol. The van der Waals surface area contributed by atoms with E-state index in [0.717, 1.165) is 35.8 Å². The summed E-state index contributed by atoms with van der Waals surface area (Å²) in [6, 6.07) is 0.566. The summed E-state index contributed by atoms with van der Waals surface area (Å²) < 4.78 is 1.85. The van der Waals surface area contributed by atoms with E-state index in [-0.39, 0.29) is 0 Å². The van der Waals surface area contributed by atoms with Gasteiger partial charge in [0.2, 0.25) is 0 Å². The molecule has 82 valence electrons. The average Bonchev–Trinajstić information content (AvgIpc) is 2.76. The molecule has 1 aliphatic carbocycles. The summed E-state index contributed by atoms with van der Waals surface area (Å²) in [6.45, 7) is 2.73. The van der Waals surface area contributed by atoms with Gasteiger partial charge in [-0.25, -0.2) is 0 Å². The third kappa shape index (κ3) is 2.24. The second-order valence-corrected chi connectivity index (χ2v) is 4.37. The molecule has 3 nitrogen and oxygen atoms in total. The first-order chi connectivity index (χ1) is 7.18. The molecule has 0 atom stereocenters. The zero-order valence-corrected chi connectivity index (χ0v) is 9.88. The first-order valence-corrected chi connectivity index (χ1v) is 5.62. The number of nitrogens with zero attached hydrogens (tertiary/aromatic N) is 2. The molecule has 0 bridgehead atoms. The Morgan fingerprint density at radius 1 is 1.53 bits per heavy atom. The van der Waals surface area contributed by atoms with E-state index in [2.05, 4.69) is 22.6 Å². The summed E-state index contributed by atoms with van der Waals surface area (Å²) >= 11 is 6.16. The van der Waals surface area contributed by atoms with Gasteiger partial charge in [0.25, 0.3) is 0 Å². The fraction of sp³-hybridized carbons (Fsp3) is 0.545. The summed E-state index contributed by atoms with van der Waals surface area (Å²) in [6.07, 6.45) is 6.67. The van der Waals surface area contributed by atoms with Gasteiger partial charge in [-0.3, -0.25) is 4.68 Å². The van der Waals surface area contributed by atoms with Gasteiger partial charge in [0.05, 0.1) is 16.4 Å². The largest absolute Gasteiger partial charge is 0.308 e. The molecule has 0 radical (unpaired) electrons. The molecule has 1 N–H and O–H groups in total. The molecule has 0 aromatic carbocycles. The van der Waals surface area contributed by atoms with E-state index < -0.39 is 0 Å². The maximum Gasteiger partial charge on any atom is 0.0860 e. The highest BCUT2D eigenvalue weighted by Crippen LogP contribution is 2.19. The van der Waals surface area contributed by atoms with Crippen LogP contribution in [0.25, 0.3) is 0 Å². The van der Waals surface area contributed by atoms with Gasteiger partial charge in [0, 0.05) is 19.6 Å². The zero-order valence-electron chi connectivity index (χ0n) is 9.13. The maximum absolute atomic E-state index is 6.16. The van der Waals surface area contributed by atoms with Crippen LogP contribution in [0.5, 0.6) is 0 Å². The molecule has 15 heavy (non-hydrogen) atoms. The Morgan fingerprint density at radius 2 is 2.20 bits per heavy atom. The number of hydrogen-bond donors (Lipinski definition) is 1. The number of hydrogen-bond acceptors (Lipinski definition) is 2. The summed E-state index contributed by atoms with van der Waals surface area (Å²) in [5.41, 5.74) is 1.97. The molecule has 1 aromatic heterocycles. The fourth-order valence-electron chi connectivity index (χ4n) is 1.90. The van der Waals surface area contributed by atoms with E-state index in [0.29, 0.717) is 6.04 Å². The molecule has 2 rings (SSSR count). The maximum atomic E-state index is 6.16. The van der Waals surface area contributed by atoms with E-state index in [9.17, 15) is 0 Å². The van der Waals surface area contributed by atoms with E-state index >= 15 is 0 Å². The molecule has 0 fully saturated rings. The highest BCUT2D eigenvalue weighted by Gasteiger charge is 2.14. The van der Waals surface area contributed by atoms with Crippen LogP contribution in [0.4, 0.5) is 0 Å². The summed E-state index contributed by atoms with van der Waals surface area (Å²) in [7, 11) is 1.93. The number of nitrogens with one attached hydrogen (secondary N) is 1. The molecular formula is C11H16ClN3. The lowest BCUT2D eigenvalue weighted by molar-refractivity contribution is 0.519. The average molecular weight is 226 g/mol. The molecule has 0 saturated carbocycles. The number of aryl methyl sites for hydroxylation is 2. The van der Waals surface area contributed by atoms with Crippen LogP contribution >= 0.6 is 11.6 Å². The predicted molar refractivity (Wildman–Crippen MR) is 62.0 cm³/mol. The molecule has 0 amide bonds. The van der Waals surface area contributed by atoms with Crippen LogP contribution in [0.1, 0.15) is 24.2 Å². The van der Waals surface area contributed by atoms with Crippen molar-refractivity contribution in [2.75, 3.05) is 0 Å². The monoisotopic (exact) mass is 225 g/mol. The highest BCUT2D eigenvalue weighted by molar-refractivity contribution is 6.31. The lowest BCUT2D eigenvalue weighted by Gasteiger charge is -2.12. The Balaban J connectivity index is 1.98. The summed E-state index contributed by atoms with van der Waals surface area (Å²) in [4.78, 5) is 0. The van der Waals surface area contributed by atoms with E-state index in [1.54, 1.807) is 0 Å². The van der Waals surface area contributed by atoms with Gasteiger partial charge in [-0.1, -0.05) is 23.8 Å². The van der Waals surface area contributed by atoms with Crippen molar-refractivity contribution >= 4 is 11.6 Å². The SMILES string of the molecule is Cc1nn(C)c(CNC2CC=CC2)c1Cl. The summed E-state index contributed by atoms with van der Waals surface area (Å²) in [5, 5.41) is 8.56. The van der Waals surface area contributed by atoms with Crippen LogP contribution in [-0.2, 0) is 13.6 Å². The molecule has 0 unspecified atom stereocenters. The van der Waals surface area contributed by atoms with Crippen molar-refractivity contribution in [2.24, 2.45) is 7.05 Å². The van der Waals surface area contributed by atoms with Crippen LogP contribution in [-0.4, -0.2) is 15.8 Å². The van der Waals surface area contributed by atoms with Gasteiger partial charge in [0.1, 0.15) is 0 Å². The van der Waals surface area contributed by atoms with Crippen molar-refractivity contribution in [3.63, 3.8) is 0 Å². The molecule has 1 aromatic rings. The van der Waals surface area contributed by atoms with E-state index in [4.69, 9.17) is 11.6 Å². The molecule has 0 aliphatic heterocycles. The minimum absolute atomic E-state index is 0.566. The second-order valence-electron chi connectivity index (χ2n) is 3.99. The van der Waals surface area contributed by atoms with Crippen LogP contribution in [0.2, 0.25) is 5.02 Å². The van der Waals surface area contributed by atoms with Gasteiger partial charge in [-0.2, -0.15) is 5.10 Å². The smallest absolute Gasteiger partial charge is 0.0860 e. The Labute approximate surface area is 95.1 Å². The molecule has 1 aliphatic rings. The Hall–Kier alpha value is -0.800. The second kappa shape index (κ2) is 4.37. The Bertz CT molecular complexity index is 373. The summed E-state index contributed by atoms with van der Waals surface area (Å²) in [5.74, 6) is 0. The van der Waals surface area contributed by atoms with E-state index in [1.807, 2.05) is 18.7 Å². The van der Waals surface area contributed by atoms with Crippen molar-refractivity contribution in [3.05, 3.63) is 28.6 Å². The number of rotatable bonds is 3. The van der Waals surface area contributed by atoms with E-state index in [1.165, 1.54) is 0 Å². The van der Waals surface area contributed by atoms with Gasteiger partial charge in [-0.15, -0.1) is 0 Å². The molecule has 4 heteroatoms. The lowest BCUT2D eigenvalue weighted by Crippen LogP contribution is -2.26. The third-order valence-corrected chi connectivity index (χ3v) is 3.32. The predicted octanol–water partition coefficient (Wildman–Crippen LogP) is 2.19. The number of halogens is 1. The van der Waals surface area contributed by atoms with Gasteiger partial charge >= 0.3 is 0 Å². The highest BCUT2D eigenvalue weighted by atomic mass is 35.5. The van der Waals surface area contributed by atoms with Crippen molar-refractivity contribution in [2.45, 2.75) is 32.4 Å². The van der Waals surface area contributed by atoms with Crippen molar-refractivity contribution < 1.29 is 0 Å². The van der Waals surface area contributed by atoms with Crippen LogP contribution in [0.15, 0.2) is 12.2 Å². The van der Waals surface area contributed by atoms with Gasteiger partial charge in [0.15, 0.2) is 0 Å². The fourth-order valence-corrected chi connectivity index (χ4v) is 2.12. The Kier molecular flexibility index (Phi) is 3.12. The topological polar surface area (TPSA) is 29.9 Å². The lowest BCUT2D eigenvalue weighted by atomic mass is 10.2.